The lowest BCUT2D eigenvalue weighted by molar-refractivity contribution is 0.314. The highest BCUT2D eigenvalue weighted by atomic mass is 16.5. The van der Waals surface area contributed by atoms with E-state index >= 15 is 0 Å². The fourth-order valence-electron chi connectivity index (χ4n) is 2.74. The summed E-state index contributed by atoms with van der Waals surface area (Å²) in [6.45, 7) is 4.30. The molecule has 3 rings (SSSR count). The Hall–Kier alpha value is -0.940. The number of aromatic nitrogens is 2. The van der Waals surface area contributed by atoms with Crippen molar-refractivity contribution in [2.24, 2.45) is 5.92 Å². The van der Waals surface area contributed by atoms with Crippen molar-refractivity contribution in [3.63, 3.8) is 0 Å². The van der Waals surface area contributed by atoms with Gasteiger partial charge in [0.25, 0.3) is 0 Å². The predicted molar refractivity (Wildman–Crippen MR) is 63.8 cm³/mol. The number of nitrogens with zero attached hydrogens (tertiary/aromatic N) is 2. The van der Waals surface area contributed by atoms with Crippen LogP contribution in [0.1, 0.15) is 36.9 Å². The first-order valence-electron chi connectivity index (χ1n) is 6.66. The molecule has 5 heteroatoms. The van der Waals surface area contributed by atoms with E-state index in [9.17, 15) is 0 Å². The lowest BCUT2D eigenvalue weighted by Crippen LogP contribution is -2.30. The topological polar surface area (TPSA) is 63.0 Å². The molecule has 1 aromatic heterocycles. The molecule has 5 nitrogen and oxygen atoms in total. The van der Waals surface area contributed by atoms with Gasteiger partial charge in [-0.15, -0.1) is 0 Å². The standard InChI is InChI=1S/C12H20N4O/c1-2-9(7-13-4-1)6-11-15-12(16-17-11)10-3-5-14-8-10/h9-10,13-14H,1-8H2. The highest BCUT2D eigenvalue weighted by molar-refractivity contribution is 5.00. The first-order valence-corrected chi connectivity index (χ1v) is 6.66. The van der Waals surface area contributed by atoms with Gasteiger partial charge in [-0.3, -0.25) is 0 Å². The first kappa shape index (κ1) is 11.2. The fourth-order valence-corrected chi connectivity index (χ4v) is 2.74. The van der Waals surface area contributed by atoms with E-state index in [4.69, 9.17) is 4.52 Å². The smallest absolute Gasteiger partial charge is 0.226 e. The predicted octanol–water partition coefficient (Wildman–Crippen LogP) is 0.689. The SMILES string of the molecule is C1CNCC(Cc2nc(C3CCNC3)no2)C1. The second-order valence-corrected chi connectivity index (χ2v) is 5.15. The van der Waals surface area contributed by atoms with Crippen molar-refractivity contribution in [3.05, 3.63) is 11.7 Å². The second kappa shape index (κ2) is 5.14. The molecule has 2 atom stereocenters. The van der Waals surface area contributed by atoms with Gasteiger partial charge in [-0.1, -0.05) is 5.16 Å². The molecule has 2 aliphatic rings. The van der Waals surface area contributed by atoms with Crippen molar-refractivity contribution < 1.29 is 4.52 Å². The molecule has 0 radical (unpaired) electrons. The van der Waals surface area contributed by atoms with E-state index in [0.29, 0.717) is 11.8 Å². The van der Waals surface area contributed by atoms with Crippen LogP contribution in [-0.4, -0.2) is 36.3 Å². The van der Waals surface area contributed by atoms with Gasteiger partial charge in [0.1, 0.15) is 0 Å². The van der Waals surface area contributed by atoms with Crippen LogP contribution >= 0.6 is 0 Å². The monoisotopic (exact) mass is 236 g/mol. The zero-order valence-corrected chi connectivity index (χ0v) is 10.1. The van der Waals surface area contributed by atoms with Crippen LogP contribution in [0.25, 0.3) is 0 Å². The minimum absolute atomic E-state index is 0.456. The average molecular weight is 236 g/mol. The van der Waals surface area contributed by atoms with Crippen molar-refractivity contribution in [2.45, 2.75) is 31.6 Å². The zero-order chi connectivity index (χ0) is 11.5. The van der Waals surface area contributed by atoms with Crippen molar-refractivity contribution in [3.8, 4) is 0 Å². The van der Waals surface area contributed by atoms with Gasteiger partial charge in [-0.25, -0.2) is 0 Å². The van der Waals surface area contributed by atoms with E-state index in [2.05, 4.69) is 20.8 Å². The lowest BCUT2D eigenvalue weighted by atomic mass is 9.96. The van der Waals surface area contributed by atoms with Crippen LogP contribution in [0.3, 0.4) is 0 Å². The summed E-state index contributed by atoms with van der Waals surface area (Å²) in [7, 11) is 0. The van der Waals surface area contributed by atoms with Crippen molar-refractivity contribution in [1.29, 1.82) is 0 Å². The number of nitrogens with one attached hydrogen (secondary N) is 2. The molecular weight excluding hydrogens is 216 g/mol. The van der Waals surface area contributed by atoms with Gasteiger partial charge in [0.15, 0.2) is 5.82 Å². The van der Waals surface area contributed by atoms with Crippen LogP contribution in [0.2, 0.25) is 0 Å². The molecule has 2 saturated heterocycles. The third-order valence-corrected chi connectivity index (χ3v) is 3.77. The van der Waals surface area contributed by atoms with E-state index < -0.39 is 0 Å². The number of hydrogen-bond donors (Lipinski definition) is 2. The minimum Gasteiger partial charge on any atom is -0.339 e. The first-order chi connectivity index (χ1) is 8.42. The van der Waals surface area contributed by atoms with Gasteiger partial charge >= 0.3 is 0 Å². The number of rotatable bonds is 3. The molecule has 1 aromatic rings. The van der Waals surface area contributed by atoms with Gasteiger partial charge in [0.2, 0.25) is 5.89 Å². The van der Waals surface area contributed by atoms with E-state index in [1.54, 1.807) is 0 Å². The average Bonchev–Trinajstić information content (AvgIpc) is 3.00. The summed E-state index contributed by atoms with van der Waals surface area (Å²) in [5.74, 6) is 2.84. The fraction of sp³-hybridized carbons (Fsp3) is 0.833. The van der Waals surface area contributed by atoms with Gasteiger partial charge in [0.05, 0.1) is 0 Å². The van der Waals surface area contributed by atoms with Crippen LogP contribution in [0, 0.1) is 5.92 Å². The van der Waals surface area contributed by atoms with Crippen molar-refractivity contribution in [2.75, 3.05) is 26.2 Å². The molecule has 0 aromatic carbocycles. The summed E-state index contributed by atoms with van der Waals surface area (Å²) >= 11 is 0. The molecule has 2 aliphatic heterocycles. The molecule has 0 spiro atoms. The third kappa shape index (κ3) is 2.66. The van der Waals surface area contributed by atoms with Crippen LogP contribution in [0.5, 0.6) is 0 Å². The Balaban J connectivity index is 1.59. The number of piperidine rings is 1. The molecule has 17 heavy (non-hydrogen) atoms. The molecule has 0 aliphatic carbocycles. The molecule has 2 unspecified atom stereocenters. The van der Waals surface area contributed by atoms with Crippen LogP contribution < -0.4 is 10.6 Å². The molecule has 0 bridgehead atoms. The Bertz CT molecular complexity index is 353. The van der Waals surface area contributed by atoms with E-state index in [1.165, 1.54) is 12.8 Å². The molecule has 94 valence electrons. The molecule has 3 heterocycles. The lowest BCUT2D eigenvalue weighted by Gasteiger charge is -2.20. The normalized spacial score (nSPS) is 29.6. The van der Waals surface area contributed by atoms with Crippen LogP contribution in [-0.2, 0) is 6.42 Å². The Morgan fingerprint density at radius 1 is 1.18 bits per heavy atom. The largest absolute Gasteiger partial charge is 0.339 e. The molecular formula is C12H20N4O. The Kier molecular flexibility index (Phi) is 3.38. The summed E-state index contributed by atoms with van der Waals surface area (Å²) in [5.41, 5.74) is 0. The van der Waals surface area contributed by atoms with Crippen molar-refractivity contribution in [1.82, 2.24) is 20.8 Å². The molecule has 2 fully saturated rings. The van der Waals surface area contributed by atoms with Gasteiger partial charge in [0, 0.05) is 18.9 Å². The molecule has 0 saturated carbocycles. The second-order valence-electron chi connectivity index (χ2n) is 5.15. The summed E-state index contributed by atoms with van der Waals surface area (Å²) < 4.78 is 5.36. The summed E-state index contributed by atoms with van der Waals surface area (Å²) in [6, 6.07) is 0. The van der Waals surface area contributed by atoms with E-state index in [-0.39, 0.29) is 0 Å². The summed E-state index contributed by atoms with van der Waals surface area (Å²) in [4.78, 5) is 4.54. The maximum atomic E-state index is 5.36. The highest BCUT2D eigenvalue weighted by Crippen LogP contribution is 2.21. The maximum absolute atomic E-state index is 5.36. The Labute approximate surface area is 101 Å². The number of hydrogen-bond acceptors (Lipinski definition) is 5. The highest BCUT2D eigenvalue weighted by Gasteiger charge is 2.23. The van der Waals surface area contributed by atoms with Gasteiger partial charge < -0.3 is 15.2 Å². The summed E-state index contributed by atoms with van der Waals surface area (Å²) in [5, 5.41) is 10.9. The summed E-state index contributed by atoms with van der Waals surface area (Å²) in [6.07, 6.45) is 4.60. The Morgan fingerprint density at radius 2 is 2.12 bits per heavy atom. The van der Waals surface area contributed by atoms with Crippen molar-refractivity contribution >= 4 is 0 Å². The quantitative estimate of drug-likeness (QED) is 0.808. The Morgan fingerprint density at radius 3 is 2.88 bits per heavy atom. The third-order valence-electron chi connectivity index (χ3n) is 3.77. The zero-order valence-electron chi connectivity index (χ0n) is 10.1. The van der Waals surface area contributed by atoms with E-state index in [0.717, 1.165) is 50.7 Å². The minimum atomic E-state index is 0.456. The van der Waals surface area contributed by atoms with E-state index in [1.807, 2.05) is 0 Å². The van der Waals surface area contributed by atoms with Crippen LogP contribution in [0.4, 0.5) is 0 Å². The van der Waals surface area contributed by atoms with Gasteiger partial charge in [-0.2, -0.15) is 4.98 Å². The van der Waals surface area contributed by atoms with Gasteiger partial charge in [-0.05, 0) is 44.8 Å². The van der Waals surface area contributed by atoms with Crippen LogP contribution in [0.15, 0.2) is 4.52 Å². The maximum Gasteiger partial charge on any atom is 0.226 e. The molecule has 2 N–H and O–H groups in total. The molecule has 0 amide bonds.